The quantitative estimate of drug-likeness (QED) is 0.180. The zero-order valence-electron chi connectivity index (χ0n) is 29.0. The highest BCUT2D eigenvalue weighted by Crippen LogP contribution is 2.45. The summed E-state index contributed by atoms with van der Waals surface area (Å²) >= 11 is 0. The molecule has 0 saturated heterocycles. The molecule has 6 aromatic carbocycles. The molecule has 0 aliphatic heterocycles. The van der Waals surface area contributed by atoms with E-state index in [1.807, 2.05) is 18.2 Å². The molecule has 244 valence electrons. The number of para-hydroxylation sites is 3. The summed E-state index contributed by atoms with van der Waals surface area (Å²) in [6, 6.07) is 44.9. The molecule has 0 aliphatic rings. The van der Waals surface area contributed by atoms with E-state index >= 15 is 0 Å². The highest BCUT2D eigenvalue weighted by Gasteiger charge is 2.26. The Morgan fingerprint density at radius 3 is 1.92 bits per heavy atom. The summed E-state index contributed by atoms with van der Waals surface area (Å²) in [5.41, 5.74) is 13.9. The van der Waals surface area contributed by atoms with Crippen LogP contribution in [-0.2, 0) is 0 Å². The van der Waals surface area contributed by atoms with E-state index in [4.69, 9.17) is 13.8 Å². The van der Waals surface area contributed by atoms with Crippen LogP contribution in [0, 0.1) is 6.92 Å². The molecule has 4 heteroatoms. The van der Waals surface area contributed by atoms with Crippen molar-refractivity contribution in [2.45, 2.75) is 46.5 Å². The fraction of sp³-hybridized carbons (Fsp3) is 0.152. The van der Waals surface area contributed by atoms with Crippen LogP contribution >= 0.6 is 0 Å². The van der Waals surface area contributed by atoms with Crippen LogP contribution in [0.4, 0.5) is 0 Å². The molecule has 0 fully saturated rings. The lowest BCUT2D eigenvalue weighted by Gasteiger charge is -2.24. The lowest BCUT2D eigenvalue weighted by molar-refractivity contribution is 0.628. The topological polar surface area (TPSA) is 44.1 Å². The lowest BCUT2D eigenvalue weighted by Crippen LogP contribution is -2.09. The van der Waals surface area contributed by atoms with E-state index in [9.17, 15) is 0 Å². The predicted octanol–water partition coefficient (Wildman–Crippen LogP) is 13.2. The van der Waals surface area contributed by atoms with E-state index in [1.54, 1.807) is 0 Å². The number of furan rings is 2. The van der Waals surface area contributed by atoms with Crippen molar-refractivity contribution < 1.29 is 8.83 Å². The summed E-state index contributed by atoms with van der Waals surface area (Å²) in [6.07, 6.45) is 0. The van der Waals surface area contributed by atoms with Gasteiger partial charge in [0.2, 0.25) is 0 Å². The minimum Gasteiger partial charge on any atom is -0.456 e. The molecule has 0 amide bonds. The van der Waals surface area contributed by atoms with Crippen molar-refractivity contribution in [2.75, 3.05) is 0 Å². The Labute approximate surface area is 291 Å². The molecule has 0 saturated carbocycles. The van der Waals surface area contributed by atoms with E-state index in [0.717, 1.165) is 72.2 Å². The summed E-state index contributed by atoms with van der Waals surface area (Å²) in [6.45, 7) is 11.3. The van der Waals surface area contributed by atoms with E-state index in [1.165, 1.54) is 27.9 Å². The van der Waals surface area contributed by atoms with Crippen LogP contribution in [0.5, 0.6) is 0 Å². The third kappa shape index (κ3) is 4.63. The van der Waals surface area contributed by atoms with Gasteiger partial charge in [-0.2, -0.15) is 0 Å². The number of aromatic nitrogens is 2. The van der Waals surface area contributed by atoms with Crippen LogP contribution in [0.1, 0.15) is 56.2 Å². The molecule has 0 unspecified atom stereocenters. The van der Waals surface area contributed by atoms with E-state index in [0.29, 0.717) is 0 Å². The van der Waals surface area contributed by atoms with Crippen LogP contribution in [0.3, 0.4) is 0 Å². The van der Waals surface area contributed by atoms with Crippen LogP contribution in [-0.4, -0.2) is 9.55 Å². The summed E-state index contributed by atoms with van der Waals surface area (Å²) in [7, 11) is 0. The van der Waals surface area contributed by atoms with Gasteiger partial charge < -0.3 is 8.83 Å². The average molecular weight is 651 g/mol. The van der Waals surface area contributed by atoms with Gasteiger partial charge in [0.25, 0.3) is 0 Å². The number of hydrogen-bond donors (Lipinski definition) is 0. The fourth-order valence-electron chi connectivity index (χ4n) is 7.67. The molecule has 0 aliphatic carbocycles. The van der Waals surface area contributed by atoms with Crippen LogP contribution in [0.2, 0.25) is 0 Å². The number of hydrogen-bond acceptors (Lipinski definition) is 3. The van der Waals surface area contributed by atoms with Gasteiger partial charge in [0, 0.05) is 21.9 Å². The Morgan fingerprint density at radius 1 is 0.580 bits per heavy atom. The molecule has 0 spiro atoms. The van der Waals surface area contributed by atoms with Crippen LogP contribution in [0.15, 0.2) is 136 Å². The number of aryl methyl sites for hydroxylation is 1. The van der Waals surface area contributed by atoms with Crippen molar-refractivity contribution in [1.29, 1.82) is 0 Å². The zero-order chi connectivity index (χ0) is 34.1. The minimum atomic E-state index is 0.276. The van der Waals surface area contributed by atoms with E-state index < -0.39 is 0 Å². The maximum absolute atomic E-state index is 6.99. The van der Waals surface area contributed by atoms with Crippen molar-refractivity contribution >= 4 is 43.9 Å². The fourth-order valence-corrected chi connectivity index (χ4v) is 7.67. The summed E-state index contributed by atoms with van der Waals surface area (Å²) in [5, 5.41) is 3.14. The SMILES string of the molecule is Cc1c(-c2ccccc2)oc2ccc3c4cccc(-c5nc6ccccc6n5-c5c(C(C)C)cc(-c6ccccc6)cc5C(C)C)c4oc3c12. The second-order valence-electron chi connectivity index (χ2n) is 14.0. The molecule has 0 bridgehead atoms. The first-order valence-corrected chi connectivity index (χ1v) is 17.5. The molecule has 0 radical (unpaired) electrons. The molecule has 3 heterocycles. The Bertz CT molecular complexity index is 2680. The van der Waals surface area contributed by atoms with Crippen molar-refractivity contribution in [3.8, 4) is 39.5 Å². The predicted molar refractivity (Wildman–Crippen MR) is 207 cm³/mol. The minimum absolute atomic E-state index is 0.276. The Kier molecular flexibility index (Phi) is 7.03. The third-order valence-corrected chi connectivity index (χ3v) is 10.1. The Balaban J connectivity index is 1.34. The molecule has 3 aromatic heterocycles. The number of benzene rings is 6. The Morgan fingerprint density at radius 2 is 1.22 bits per heavy atom. The molecule has 0 atom stereocenters. The summed E-state index contributed by atoms with van der Waals surface area (Å²) in [4.78, 5) is 5.37. The molecule has 50 heavy (non-hydrogen) atoms. The third-order valence-electron chi connectivity index (χ3n) is 10.1. The monoisotopic (exact) mass is 650 g/mol. The summed E-state index contributed by atoms with van der Waals surface area (Å²) < 4.78 is 15.8. The number of rotatable bonds is 6. The van der Waals surface area contributed by atoms with Gasteiger partial charge in [-0.15, -0.1) is 0 Å². The summed E-state index contributed by atoms with van der Waals surface area (Å²) in [5.74, 6) is 2.30. The standard InChI is InChI=1S/C46H38N2O2/c1-27(2)36-25-32(30-15-8-6-9-16-30)26-37(28(3)4)42(36)48-39-22-13-12-21-38(39)47-46(48)35-20-14-19-33-34-23-24-40-41(45(34)50-44(33)35)29(5)43(49-40)31-17-10-7-11-18-31/h6-28H,1-5H3. The maximum Gasteiger partial charge on any atom is 0.149 e. The first-order chi connectivity index (χ1) is 24.4. The largest absolute Gasteiger partial charge is 0.456 e. The van der Waals surface area contributed by atoms with Crippen molar-refractivity contribution in [2.24, 2.45) is 0 Å². The second kappa shape index (κ2) is 11.6. The zero-order valence-corrected chi connectivity index (χ0v) is 29.0. The molecular weight excluding hydrogens is 613 g/mol. The van der Waals surface area contributed by atoms with Crippen molar-refractivity contribution in [3.63, 3.8) is 0 Å². The van der Waals surface area contributed by atoms with Gasteiger partial charge in [0.15, 0.2) is 0 Å². The molecule has 9 aromatic rings. The highest BCUT2D eigenvalue weighted by atomic mass is 16.3. The lowest BCUT2D eigenvalue weighted by atomic mass is 9.88. The molecule has 9 rings (SSSR count). The normalized spacial score (nSPS) is 12.1. The van der Waals surface area contributed by atoms with E-state index in [2.05, 4.69) is 148 Å². The van der Waals surface area contributed by atoms with Crippen LogP contribution in [0.25, 0.3) is 83.5 Å². The van der Waals surface area contributed by atoms with Crippen LogP contribution < -0.4 is 0 Å². The molecular formula is C46H38N2O2. The first-order valence-electron chi connectivity index (χ1n) is 17.5. The van der Waals surface area contributed by atoms with Gasteiger partial charge >= 0.3 is 0 Å². The average Bonchev–Trinajstić information content (AvgIpc) is 3.82. The van der Waals surface area contributed by atoms with Gasteiger partial charge in [-0.05, 0) is 83.5 Å². The number of imidazole rings is 1. The van der Waals surface area contributed by atoms with Gasteiger partial charge in [-0.1, -0.05) is 113 Å². The van der Waals surface area contributed by atoms with Gasteiger partial charge in [-0.25, -0.2) is 4.98 Å². The number of nitrogens with zero attached hydrogens (tertiary/aromatic N) is 2. The smallest absolute Gasteiger partial charge is 0.149 e. The molecule has 4 nitrogen and oxygen atoms in total. The second-order valence-corrected chi connectivity index (χ2v) is 14.0. The van der Waals surface area contributed by atoms with Crippen molar-refractivity contribution in [3.05, 3.63) is 144 Å². The molecule has 0 N–H and O–H groups in total. The van der Waals surface area contributed by atoms with Gasteiger partial charge in [0.05, 0.1) is 27.7 Å². The van der Waals surface area contributed by atoms with Crippen molar-refractivity contribution in [1.82, 2.24) is 9.55 Å². The first kappa shape index (κ1) is 30.2. The van der Waals surface area contributed by atoms with Gasteiger partial charge in [0.1, 0.15) is 28.3 Å². The Hall–Kier alpha value is -5.87. The highest BCUT2D eigenvalue weighted by molar-refractivity contribution is 6.18. The maximum atomic E-state index is 6.99. The van der Waals surface area contributed by atoms with E-state index in [-0.39, 0.29) is 11.8 Å². The number of fused-ring (bicyclic) bond motifs is 6. The van der Waals surface area contributed by atoms with Gasteiger partial charge in [-0.3, -0.25) is 4.57 Å².